The minimum atomic E-state index is -1.39. The highest BCUT2D eigenvalue weighted by Crippen LogP contribution is 2.40. The molecule has 106 valence electrons. The Morgan fingerprint density at radius 1 is 1.37 bits per heavy atom. The molecule has 0 aliphatic heterocycles. The summed E-state index contributed by atoms with van der Waals surface area (Å²) in [6, 6.07) is 5.52. The van der Waals surface area contributed by atoms with Crippen LogP contribution in [-0.2, 0) is 0 Å². The Balaban J connectivity index is 2.80. The Labute approximate surface area is 138 Å². The molecule has 0 fully saturated rings. The lowest BCUT2D eigenvalue weighted by Gasteiger charge is -2.21. The van der Waals surface area contributed by atoms with Gasteiger partial charge in [-0.15, -0.1) is 0 Å². The Morgan fingerprint density at radius 3 is 2.58 bits per heavy atom. The molecule has 0 saturated heterocycles. The van der Waals surface area contributed by atoms with Crippen molar-refractivity contribution < 1.29 is 0 Å². The third kappa shape index (κ3) is 6.96. The molecule has 0 spiro atoms. The molecule has 0 N–H and O–H groups in total. The number of halogens is 4. The average molecular weight is 360 g/mol. The van der Waals surface area contributed by atoms with Gasteiger partial charge < -0.3 is 4.31 Å². The second-order valence-corrected chi connectivity index (χ2v) is 8.51. The SMILES string of the molecule is CCCN(C=Nc1ccc(Cl)cc1C)SC(Cl)(Cl)Cl. The van der Waals surface area contributed by atoms with Gasteiger partial charge in [0.05, 0.1) is 5.69 Å². The van der Waals surface area contributed by atoms with E-state index < -0.39 is 3.12 Å². The zero-order valence-corrected chi connectivity index (χ0v) is 14.4. The Morgan fingerprint density at radius 2 is 2.05 bits per heavy atom. The largest absolute Gasteiger partial charge is 0.303 e. The van der Waals surface area contributed by atoms with Gasteiger partial charge in [-0.25, -0.2) is 4.99 Å². The summed E-state index contributed by atoms with van der Waals surface area (Å²) in [5.41, 5.74) is 1.84. The number of nitrogens with zero attached hydrogens (tertiary/aromatic N) is 2. The number of alkyl halides is 3. The lowest BCUT2D eigenvalue weighted by Crippen LogP contribution is -2.18. The molecule has 19 heavy (non-hydrogen) atoms. The smallest absolute Gasteiger partial charge is 0.256 e. The molecule has 0 atom stereocenters. The number of hydrogen-bond donors (Lipinski definition) is 0. The molecule has 0 unspecified atom stereocenters. The van der Waals surface area contributed by atoms with Gasteiger partial charge in [-0.1, -0.05) is 53.3 Å². The average Bonchev–Trinajstić information content (AvgIpc) is 2.26. The molecular formula is C12H14Cl4N2S. The Hall–Kier alpha value is 0.200. The molecule has 1 rings (SSSR count). The Bertz CT molecular complexity index is 446. The van der Waals surface area contributed by atoms with Crippen LogP contribution in [-0.4, -0.2) is 20.3 Å². The quantitative estimate of drug-likeness (QED) is 0.277. The van der Waals surface area contributed by atoms with E-state index in [0.717, 1.165) is 36.2 Å². The summed E-state index contributed by atoms with van der Waals surface area (Å²) in [4.78, 5) is 4.40. The van der Waals surface area contributed by atoms with Crippen molar-refractivity contribution in [2.75, 3.05) is 6.54 Å². The van der Waals surface area contributed by atoms with Gasteiger partial charge in [0.1, 0.15) is 6.34 Å². The highest BCUT2D eigenvalue weighted by atomic mass is 35.6. The first kappa shape index (κ1) is 17.3. The lowest BCUT2D eigenvalue weighted by atomic mass is 10.2. The van der Waals surface area contributed by atoms with Crippen molar-refractivity contribution in [3.63, 3.8) is 0 Å². The second kappa shape index (κ2) is 7.84. The normalized spacial score (nSPS) is 12.1. The van der Waals surface area contributed by atoms with Crippen LogP contribution in [0.1, 0.15) is 18.9 Å². The molecule has 0 aliphatic rings. The fourth-order valence-electron chi connectivity index (χ4n) is 1.37. The summed E-state index contributed by atoms with van der Waals surface area (Å²) in [6.07, 6.45) is 2.60. The molecule has 0 aromatic heterocycles. The third-order valence-electron chi connectivity index (χ3n) is 2.15. The molecule has 0 heterocycles. The number of aliphatic imine (C=N–C) groups is 1. The monoisotopic (exact) mass is 358 g/mol. The summed E-state index contributed by atoms with van der Waals surface area (Å²) in [5.74, 6) is 0. The fourth-order valence-corrected chi connectivity index (χ4v) is 3.03. The first-order valence-electron chi connectivity index (χ1n) is 5.64. The van der Waals surface area contributed by atoms with Gasteiger partial charge in [-0.2, -0.15) is 0 Å². The number of hydrogen-bond acceptors (Lipinski definition) is 2. The molecular weight excluding hydrogens is 346 g/mol. The van der Waals surface area contributed by atoms with E-state index in [-0.39, 0.29) is 0 Å². The first-order valence-corrected chi connectivity index (χ1v) is 7.93. The van der Waals surface area contributed by atoms with Crippen molar-refractivity contribution in [2.24, 2.45) is 4.99 Å². The summed E-state index contributed by atoms with van der Waals surface area (Å²) >= 11 is 24.3. The van der Waals surface area contributed by atoms with E-state index in [2.05, 4.69) is 4.99 Å². The highest BCUT2D eigenvalue weighted by Gasteiger charge is 2.23. The maximum Gasteiger partial charge on any atom is 0.256 e. The zero-order valence-electron chi connectivity index (χ0n) is 10.5. The van der Waals surface area contributed by atoms with Gasteiger partial charge in [0.15, 0.2) is 0 Å². The van der Waals surface area contributed by atoms with Crippen LogP contribution >= 0.6 is 58.4 Å². The van der Waals surface area contributed by atoms with Gasteiger partial charge in [-0.05, 0) is 37.1 Å². The van der Waals surface area contributed by atoms with E-state index >= 15 is 0 Å². The van der Waals surface area contributed by atoms with Crippen molar-refractivity contribution in [2.45, 2.75) is 23.4 Å². The molecule has 0 bridgehead atoms. The van der Waals surface area contributed by atoms with Crippen LogP contribution < -0.4 is 0 Å². The topological polar surface area (TPSA) is 15.6 Å². The van der Waals surface area contributed by atoms with Crippen molar-refractivity contribution in [3.8, 4) is 0 Å². The van der Waals surface area contributed by atoms with Crippen LogP contribution in [0, 0.1) is 6.92 Å². The minimum Gasteiger partial charge on any atom is -0.303 e. The fraction of sp³-hybridized carbons (Fsp3) is 0.417. The van der Waals surface area contributed by atoms with E-state index in [1.807, 2.05) is 26.0 Å². The molecule has 0 aliphatic carbocycles. The van der Waals surface area contributed by atoms with Gasteiger partial charge in [0.2, 0.25) is 0 Å². The minimum absolute atomic E-state index is 0.692. The van der Waals surface area contributed by atoms with Crippen molar-refractivity contribution in [1.29, 1.82) is 0 Å². The van der Waals surface area contributed by atoms with Crippen LogP contribution in [0.5, 0.6) is 0 Å². The van der Waals surface area contributed by atoms with Crippen molar-refractivity contribution >= 4 is 70.4 Å². The van der Waals surface area contributed by atoms with Crippen LogP contribution in [0.3, 0.4) is 0 Å². The molecule has 2 nitrogen and oxygen atoms in total. The summed E-state index contributed by atoms with van der Waals surface area (Å²) < 4.78 is 0.414. The van der Waals surface area contributed by atoms with E-state index in [0.29, 0.717) is 5.02 Å². The predicted molar refractivity (Wildman–Crippen MR) is 89.2 cm³/mol. The second-order valence-electron chi connectivity index (χ2n) is 3.85. The van der Waals surface area contributed by atoms with E-state index in [4.69, 9.17) is 46.4 Å². The summed E-state index contributed by atoms with van der Waals surface area (Å²) in [5, 5.41) is 0.692. The zero-order chi connectivity index (χ0) is 14.5. The van der Waals surface area contributed by atoms with Gasteiger partial charge in [0, 0.05) is 23.5 Å². The van der Waals surface area contributed by atoms with Crippen molar-refractivity contribution in [1.82, 2.24) is 4.31 Å². The standard InChI is InChI=1S/C12H14Cl4N2S/c1-3-6-18(19-12(14,15)16)8-17-11-5-4-10(13)7-9(11)2/h4-5,7-8H,3,6H2,1-2H3. The van der Waals surface area contributed by atoms with E-state index in [9.17, 15) is 0 Å². The maximum absolute atomic E-state index is 5.90. The third-order valence-corrected chi connectivity index (χ3v) is 3.72. The van der Waals surface area contributed by atoms with Crippen LogP contribution in [0.25, 0.3) is 0 Å². The molecule has 0 radical (unpaired) electrons. The van der Waals surface area contributed by atoms with Crippen LogP contribution in [0.15, 0.2) is 23.2 Å². The number of rotatable bonds is 5. The van der Waals surface area contributed by atoms with Crippen LogP contribution in [0.2, 0.25) is 5.02 Å². The molecule has 1 aromatic rings. The van der Waals surface area contributed by atoms with E-state index in [1.54, 1.807) is 16.7 Å². The molecule has 1 aromatic carbocycles. The van der Waals surface area contributed by atoms with Gasteiger partial charge >= 0.3 is 0 Å². The first-order chi connectivity index (χ1) is 8.81. The predicted octanol–water partition coefficient (Wildman–Crippen LogP) is 6.00. The molecule has 0 saturated carbocycles. The van der Waals surface area contributed by atoms with Gasteiger partial charge in [0.25, 0.3) is 3.12 Å². The lowest BCUT2D eigenvalue weighted by molar-refractivity contribution is 0.667. The van der Waals surface area contributed by atoms with Gasteiger partial charge in [-0.3, -0.25) is 0 Å². The molecule has 7 heteroatoms. The Kier molecular flexibility index (Phi) is 7.12. The number of aryl methyl sites for hydroxylation is 1. The maximum atomic E-state index is 5.90. The number of benzene rings is 1. The van der Waals surface area contributed by atoms with Crippen LogP contribution in [0.4, 0.5) is 5.69 Å². The van der Waals surface area contributed by atoms with E-state index in [1.165, 1.54) is 0 Å². The summed E-state index contributed by atoms with van der Waals surface area (Å²) in [7, 11) is 0. The highest BCUT2D eigenvalue weighted by molar-refractivity contribution is 8.03. The molecule has 0 amide bonds. The van der Waals surface area contributed by atoms with Crippen molar-refractivity contribution in [3.05, 3.63) is 28.8 Å². The summed E-state index contributed by atoms with van der Waals surface area (Å²) in [6.45, 7) is 4.74.